The molecule has 0 unspecified atom stereocenters. The average molecular weight is 654 g/mol. The molecule has 0 aliphatic carbocycles. The van der Waals surface area contributed by atoms with Gasteiger partial charge < -0.3 is 9.47 Å². The Kier molecular flexibility index (Phi) is 9.81. The fourth-order valence-corrected chi connectivity index (χ4v) is 5.04. The van der Waals surface area contributed by atoms with Gasteiger partial charge in [0.2, 0.25) is 0 Å². The molecule has 0 spiro atoms. The summed E-state index contributed by atoms with van der Waals surface area (Å²) in [6, 6.07) is 4.71. The molecular weight excluding hydrogens is 624 g/mol. The first-order valence-corrected chi connectivity index (χ1v) is 13.1. The van der Waals surface area contributed by atoms with E-state index in [-0.39, 0.29) is 47.4 Å². The van der Waals surface area contributed by atoms with Crippen molar-refractivity contribution >= 4 is 6.09 Å². The highest BCUT2D eigenvalue weighted by molar-refractivity contribution is 5.76. The lowest BCUT2D eigenvalue weighted by atomic mass is 9.91. The highest BCUT2D eigenvalue weighted by Gasteiger charge is 2.44. The molecular formula is C31H29F10NO3. The molecule has 1 aliphatic rings. The highest BCUT2D eigenvalue weighted by Crippen LogP contribution is 2.43. The number of methoxy groups -OCH3 is 1. The maximum atomic E-state index is 14.7. The van der Waals surface area contributed by atoms with Gasteiger partial charge in [-0.25, -0.2) is 9.18 Å². The number of rotatable bonds is 6. The lowest BCUT2D eigenvalue weighted by Gasteiger charge is -2.24. The quantitative estimate of drug-likeness (QED) is 0.249. The number of carbonyl (C=O) groups excluding carboxylic acids is 1. The van der Waals surface area contributed by atoms with Crippen molar-refractivity contribution in [3.05, 3.63) is 87.7 Å². The van der Waals surface area contributed by atoms with Crippen molar-refractivity contribution in [3.8, 4) is 16.9 Å². The summed E-state index contributed by atoms with van der Waals surface area (Å²) < 4.78 is 147. The number of halogens is 10. The minimum absolute atomic E-state index is 0. The number of amides is 1. The van der Waals surface area contributed by atoms with E-state index in [2.05, 4.69) is 0 Å². The molecule has 0 bridgehead atoms. The van der Waals surface area contributed by atoms with Crippen molar-refractivity contribution in [1.29, 1.82) is 0 Å². The van der Waals surface area contributed by atoms with E-state index in [0.29, 0.717) is 12.1 Å². The number of ether oxygens (including phenoxy) is 2. The second-order valence-electron chi connectivity index (χ2n) is 10.6. The molecule has 0 radical (unpaired) electrons. The number of carbonyl (C=O) groups is 1. The monoisotopic (exact) mass is 653 g/mol. The molecule has 1 amide bonds. The van der Waals surface area contributed by atoms with E-state index in [1.807, 2.05) is 0 Å². The summed E-state index contributed by atoms with van der Waals surface area (Å²) in [7, 11) is 1.23. The first kappa shape index (κ1) is 35.5. The lowest BCUT2D eigenvalue weighted by Crippen LogP contribution is -2.32. The number of alkyl halides is 9. The van der Waals surface area contributed by atoms with Gasteiger partial charge in [-0.2, -0.15) is 39.5 Å². The molecule has 14 heteroatoms. The van der Waals surface area contributed by atoms with Crippen molar-refractivity contribution in [2.24, 2.45) is 0 Å². The van der Waals surface area contributed by atoms with Crippen molar-refractivity contribution < 1.29 is 58.2 Å². The molecule has 1 heterocycles. The Hall–Kier alpha value is -3.97. The molecule has 45 heavy (non-hydrogen) atoms. The van der Waals surface area contributed by atoms with Gasteiger partial charge in [0.05, 0.1) is 36.4 Å². The largest absolute Gasteiger partial charge is 0.496 e. The number of hydrogen-bond acceptors (Lipinski definition) is 3. The van der Waals surface area contributed by atoms with Crippen LogP contribution >= 0.6 is 0 Å². The van der Waals surface area contributed by atoms with E-state index in [0.717, 1.165) is 29.2 Å². The van der Waals surface area contributed by atoms with E-state index in [1.165, 1.54) is 20.1 Å². The van der Waals surface area contributed by atoms with Gasteiger partial charge in [-0.3, -0.25) is 4.90 Å². The summed E-state index contributed by atoms with van der Waals surface area (Å²) in [5.74, 6) is -0.972. The van der Waals surface area contributed by atoms with Gasteiger partial charge in [-0.05, 0) is 71.5 Å². The molecule has 246 valence electrons. The molecule has 4 rings (SSSR count). The number of nitrogens with zero attached hydrogens (tertiary/aromatic N) is 1. The molecule has 0 N–H and O–H groups in total. The number of benzene rings is 3. The Morgan fingerprint density at radius 3 is 1.87 bits per heavy atom. The molecule has 0 saturated carbocycles. The van der Waals surface area contributed by atoms with Gasteiger partial charge in [0.1, 0.15) is 17.7 Å². The average Bonchev–Trinajstić information content (AvgIpc) is 3.19. The first-order chi connectivity index (χ1) is 20.2. The van der Waals surface area contributed by atoms with Crippen LogP contribution in [0.25, 0.3) is 11.1 Å². The SMILES string of the molecule is C.COc1cc(F)c(C(C)C)cc1-c1ccc(C(F)(F)F)cc1CN1C(=O)O[C@H](c2cc(C(F)(F)F)cc(C(F)(F)F)c2)[C@@H]1C. The van der Waals surface area contributed by atoms with E-state index in [4.69, 9.17) is 9.47 Å². The Labute approximate surface area is 252 Å². The molecule has 1 saturated heterocycles. The number of hydrogen-bond donors (Lipinski definition) is 0. The number of cyclic esters (lactones) is 1. The van der Waals surface area contributed by atoms with Gasteiger partial charge in [0.25, 0.3) is 0 Å². The molecule has 1 aliphatic heterocycles. The van der Waals surface area contributed by atoms with E-state index >= 15 is 0 Å². The van der Waals surface area contributed by atoms with Crippen LogP contribution in [-0.2, 0) is 29.8 Å². The third-order valence-corrected chi connectivity index (χ3v) is 7.33. The molecule has 0 aromatic heterocycles. The fraction of sp³-hybridized carbons (Fsp3) is 0.387. The van der Waals surface area contributed by atoms with Gasteiger partial charge in [0.15, 0.2) is 0 Å². The van der Waals surface area contributed by atoms with Gasteiger partial charge in [0, 0.05) is 11.6 Å². The van der Waals surface area contributed by atoms with E-state index in [9.17, 15) is 48.7 Å². The topological polar surface area (TPSA) is 38.8 Å². The normalized spacial score (nSPS) is 17.4. The third kappa shape index (κ3) is 7.30. The Morgan fingerprint density at radius 2 is 1.38 bits per heavy atom. The maximum absolute atomic E-state index is 14.7. The summed E-state index contributed by atoms with van der Waals surface area (Å²) in [4.78, 5) is 13.8. The minimum Gasteiger partial charge on any atom is -0.496 e. The first-order valence-electron chi connectivity index (χ1n) is 13.1. The minimum atomic E-state index is -5.16. The summed E-state index contributed by atoms with van der Waals surface area (Å²) in [5.41, 5.74) is -4.48. The van der Waals surface area contributed by atoms with Crippen LogP contribution in [-0.4, -0.2) is 24.1 Å². The zero-order valence-electron chi connectivity index (χ0n) is 23.5. The van der Waals surface area contributed by atoms with Crippen molar-refractivity contribution in [3.63, 3.8) is 0 Å². The van der Waals surface area contributed by atoms with Crippen LogP contribution in [0.2, 0.25) is 0 Å². The molecule has 4 nitrogen and oxygen atoms in total. The van der Waals surface area contributed by atoms with Crippen LogP contribution in [0, 0.1) is 5.82 Å². The van der Waals surface area contributed by atoms with Crippen LogP contribution in [0.5, 0.6) is 5.75 Å². The standard InChI is InChI=1S/C30H25F10NO3.CH4/c1-14(2)22-11-23(25(43-4)12-24(22)31)21-6-5-18(28(32,33)34)9-17(21)13-41-15(3)26(44-27(41)42)16-7-19(29(35,36)37)10-20(8-16)30(38,39)40;/h5-12,14-15,26H,13H2,1-4H3;1H4/t15-,26-;/m0./s1. The molecule has 3 aromatic carbocycles. The van der Waals surface area contributed by atoms with Gasteiger partial charge in [-0.15, -0.1) is 0 Å². The van der Waals surface area contributed by atoms with Gasteiger partial charge in [-0.1, -0.05) is 27.3 Å². The molecule has 2 atom stereocenters. The third-order valence-electron chi connectivity index (χ3n) is 7.33. The van der Waals surface area contributed by atoms with Crippen LogP contribution in [0.1, 0.15) is 73.6 Å². The predicted octanol–water partition coefficient (Wildman–Crippen LogP) is 10.4. The smallest absolute Gasteiger partial charge is 0.416 e. The van der Waals surface area contributed by atoms with Crippen LogP contribution in [0.4, 0.5) is 48.7 Å². The van der Waals surface area contributed by atoms with E-state index in [1.54, 1.807) is 13.8 Å². The van der Waals surface area contributed by atoms with Crippen molar-refractivity contribution in [2.75, 3.05) is 7.11 Å². The van der Waals surface area contributed by atoms with Crippen LogP contribution in [0.3, 0.4) is 0 Å². The molecule has 3 aromatic rings. The van der Waals surface area contributed by atoms with Crippen LogP contribution < -0.4 is 4.74 Å². The predicted molar refractivity (Wildman–Crippen MR) is 145 cm³/mol. The van der Waals surface area contributed by atoms with Crippen LogP contribution in [0.15, 0.2) is 48.5 Å². The fourth-order valence-electron chi connectivity index (χ4n) is 5.04. The second kappa shape index (κ2) is 12.4. The summed E-state index contributed by atoms with van der Waals surface area (Å²) >= 11 is 0. The Morgan fingerprint density at radius 1 is 0.822 bits per heavy atom. The van der Waals surface area contributed by atoms with Gasteiger partial charge >= 0.3 is 24.6 Å². The van der Waals surface area contributed by atoms with Crippen molar-refractivity contribution in [1.82, 2.24) is 4.90 Å². The summed E-state index contributed by atoms with van der Waals surface area (Å²) in [6.45, 7) is 4.09. The lowest BCUT2D eigenvalue weighted by molar-refractivity contribution is -0.143. The second-order valence-corrected chi connectivity index (χ2v) is 10.6. The Bertz CT molecular complexity index is 1530. The summed E-state index contributed by atoms with van der Waals surface area (Å²) in [6.07, 6.45) is -17.9. The Balaban J connectivity index is 0.00000552. The zero-order valence-corrected chi connectivity index (χ0v) is 23.5. The summed E-state index contributed by atoms with van der Waals surface area (Å²) in [5, 5.41) is 0. The van der Waals surface area contributed by atoms with Crippen molar-refractivity contribution in [2.45, 2.75) is 71.3 Å². The van der Waals surface area contributed by atoms with E-state index < -0.39 is 71.4 Å². The molecule has 1 fully saturated rings. The highest BCUT2D eigenvalue weighted by atomic mass is 19.4. The zero-order chi connectivity index (χ0) is 32.9. The maximum Gasteiger partial charge on any atom is 0.416 e.